The van der Waals surface area contributed by atoms with Crippen LogP contribution >= 0.6 is 0 Å². The van der Waals surface area contributed by atoms with Crippen molar-refractivity contribution in [3.63, 3.8) is 0 Å². The molecule has 29 heavy (non-hydrogen) atoms. The van der Waals surface area contributed by atoms with E-state index in [4.69, 9.17) is 0 Å². The molecule has 0 N–H and O–H groups in total. The van der Waals surface area contributed by atoms with E-state index in [1.165, 1.54) is 83.6 Å². The number of hydrogen-bond acceptors (Lipinski definition) is 2. The van der Waals surface area contributed by atoms with Crippen LogP contribution in [0.3, 0.4) is 0 Å². The van der Waals surface area contributed by atoms with Gasteiger partial charge in [0.25, 0.3) is 0 Å². The molecule has 0 aromatic carbocycles. The van der Waals surface area contributed by atoms with Gasteiger partial charge in [0.05, 0.1) is 0 Å². The van der Waals surface area contributed by atoms with Crippen molar-refractivity contribution in [3.05, 3.63) is 0 Å². The van der Waals surface area contributed by atoms with Crippen LogP contribution in [0.15, 0.2) is 0 Å². The van der Waals surface area contributed by atoms with Gasteiger partial charge >= 0.3 is 0 Å². The number of hydrogen-bond donors (Lipinski definition) is 0. The summed E-state index contributed by atoms with van der Waals surface area (Å²) in [6.45, 7) is 12.5. The van der Waals surface area contributed by atoms with Gasteiger partial charge in [-0.05, 0) is 37.5 Å². The van der Waals surface area contributed by atoms with Crippen LogP contribution in [-0.4, -0.2) is 47.4 Å². The van der Waals surface area contributed by atoms with Crippen LogP contribution in [0.1, 0.15) is 118 Å². The number of rotatable bonds is 15. The van der Waals surface area contributed by atoms with E-state index >= 15 is 0 Å². The Kier molecular flexibility index (Phi) is 11.6. The Labute approximate surface area is 182 Å². The molecular weight excluding hydrogens is 356 g/mol. The molecule has 2 fully saturated rings. The Balaban J connectivity index is 1.71. The van der Waals surface area contributed by atoms with Crippen molar-refractivity contribution in [1.82, 2.24) is 9.80 Å². The second kappa shape index (κ2) is 13.7. The highest BCUT2D eigenvalue weighted by atomic mass is 16.2. The third-order valence-electron chi connectivity index (χ3n) is 7.64. The number of fused-ring (bicyclic) bond motifs is 2. The van der Waals surface area contributed by atoms with Crippen LogP contribution in [0.5, 0.6) is 0 Å². The third-order valence-corrected chi connectivity index (χ3v) is 7.64. The molecule has 2 aliphatic rings. The monoisotopic (exact) mass is 406 g/mol. The van der Waals surface area contributed by atoms with Crippen molar-refractivity contribution >= 4 is 5.91 Å². The molecule has 0 aromatic heterocycles. The molecule has 2 unspecified atom stereocenters. The van der Waals surface area contributed by atoms with Gasteiger partial charge in [-0.3, -0.25) is 9.69 Å². The van der Waals surface area contributed by atoms with E-state index in [1.54, 1.807) is 0 Å². The summed E-state index contributed by atoms with van der Waals surface area (Å²) in [4.78, 5) is 17.9. The Morgan fingerprint density at radius 2 is 1.48 bits per heavy atom. The summed E-state index contributed by atoms with van der Waals surface area (Å²) in [6.07, 6.45) is 17.9. The quantitative estimate of drug-likeness (QED) is 0.284. The van der Waals surface area contributed by atoms with Crippen molar-refractivity contribution in [2.45, 2.75) is 130 Å². The SMILES string of the molecule is CCCCCCC(CCCC)CCCC(=O)N1C[C@H]2CC[C@@H](C1)N2CC(C)CC. The first-order valence-electron chi connectivity index (χ1n) is 13.1. The van der Waals surface area contributed by atoms with Crippen LogP contribution in [-0.2, 0) is 4.79 Å². The number of amides is 1. The van der Waals surface area contributed by atoms with Crippen molar-refractivity contribution in [3.8, 4) is 0 Å². The van der Waals surface area contributed by atoms with Crippen LogP contribution in [0.4, 0.5) is 0 Å². The second-order valence-electron chi connectivity index (χ2n) is 10.1. The van der Waals surface area contributed by atoms with Gasteiger partial charge < -0.3 is 4.90 Å². The molecule has 0 spiro atoms. The maximum atomic E-state index is 12.9. The summed E-state index contributed by atoms with van der Waals surface area (Å²) in [5, 5.41) is 0. The molecule has 3 heteroatoms. The molecule has 0 aromatic rings. The van der Waals surface area contributed by atoms with E-state index < -0.39 is 0 Å². The fraction of sp³-hybridized carbons (Fsp3) is 0.962. The molecule has 2 rings (SSSR count). The first-order valence-corrected chi connectivity index (χ1v) is 13.1. The maximum absolute atomic E-state index is 12.9. The minimum absolute atomic E-state index is 0.435. The van der Waals surface area contributed by atoms with Crippen LogP contribution in [0.25, 0.3) is 0 Å². The Bertz CT molecular complexity index is 438. The van der Waals surface area contributed by atoms with Crippen LogP contribution in [0, 0.1) is 11.8 Å². The van der Waals surface area contributed by atoms with Crippen molar-refractivity contribution in [1.29, 1.82) is 0 Å². The zero-order chi connectivity index (χ0) is 21.1. The molecule has 4 atom stereocenters. The summed E-state index contributed by atoms with van der Waals surface area (Å²) < 4.78 is 0. The van der Waals surface area contributed by atoms with E-state index in [0.29, 0.717) is 18.0 Å². The van der Waals surface area contributed by atoms with Crippen LogP contribution < -0.4 is 0 Å². The summed E-state index contributed by atoms with van der Waals surface area (Å²) in [6, 6.07) is 1.25. The average molecular weight is 407 g/mol. The van der Waals surface area contributed by atoms with Crippen molar-refractivity contribution in [2.75, 3.05) is 19.6 Å². The minimum Gasteiger partial charge on any atom is -0.340 e. The lowest BCUT2D eigenvalue weighted by Crippen LogP contribution is -2.56. The molecule has 0 saturated carbocycles. The smallest absolute Gasteiger partial charge is 0.222 e. The molecule has 2 bridgehead atoms. The van der Waals surface area contributed by atoms with E-state index in [1.807, 2.05) is 0 Å². The predicted molar refractivity (Wildman–Crippen MR) is 125 cm³/mol. The number of carbonyl (C=O) groups is 1. The fourth-order valence-corrected chi connectivity index (χ4v) is 5.47. The largest absolute Gasteiger partial charge is 0.340 e. The highest BCUT2D eigenvalue weighted by Crippen LogP contribution is 2.32. The zero-order valence-corrected chi connectivity index (χ0v) is 20.1. The molecule has 0 radical (unpaired) electrons. The third kappa shape index (κ3) is 8.23. The second-order valence-corrected chi connectivity index (χ2v) is 10.1. The highest BCUT2D eigenvalue weighted by molar-refractivity contribution is 5.76. The zero-order valence-electron chi connectivity index (χ0n) is 20.1. The summed E-state index contributed by atoms with van der Waals surface area (Å²) in [5.74, 6) is 2.06. The van der Waals surface area contributed by atoms with Gasteiger partial charge in [-0.1, -0.05) is 85.5 Å². The standard InChI is InChI=1S/C26H50N2O/c1-5-8-10-11-14-23(13-9-6-2)15-12-16-26(29)27-20-24-17-18-25(21-27)28(24)19-22(4)7-3/h22-25H,5-21H2,1-4H3/t22?,23?,24-,25+. The lowest BCUT2D eigenvalue weighted by molar-refractivity contribution is -0.135. The van der Waals surface area contributed by atoms with Gasteiger partial charge in [0.2, 0.25) is 5.91 Å². The lowest BCUT2D eigenvalue weighted by Gasteiger charge is -2.42. The molecule has 170 valence electrons. The summed E-state index contributed by atoms with van der Waals surface area (Å²) in [5.41, 5.74) is 0. The Hall–Kier alpha value is -0.570. The summed E-state index contributed by atoms with van der Waals surface area (Å²) in [7, 11) is 0. The number of unbranched alkanes of at least 4 members (excludes halogenated alkanes) is 4. The lowest BCUT2D eigenvalue weighted by atomic mass is 9.90. The van der Waals surface area contributed by atoms with Gasteiger partial charge in [-0.25, -0.2) is 0 Å². The first-order chi connectivity index (χ1) is 14.1. The van der Waals surface area contributed by atoms with Gasteiger partial charge in [0.1, 0.15) is 0 Å². The molecule has 2 aliphatic heterocycles. The average Bonchev–Trinajstić information content (AvgIpc) is 2.95. The van der Waals surface area contributed by atoms with E-state index in [0.717, 1.165) is 37.8 Å². The van der Waals surface area contributed by atoms with Crippen molar-refractivity contribution < 1.29 is 4.79 Å². The highest BCUT2D eigenvalue weighted by Gasteiger charge is 2.41. The topological polar surface area (TPSA) is 23.6 Å². The molecular formula is C26H50N2O. The van der Waals surface area contributed by atoms with Gasteiger partial charge in [0, 0.05) is 38.1 Å². The minimum atomic E-state index is 0.435. The van der Waals surface area contributed by atoms with E-state index in [9.17, 15) is 4.79 Å². The summed E-state index contributed by atoms with van der Waals surface area (Å²) >= 11 is 0. The van der Waals surface area contributed by atoms with Crippen LogP contribution in [0.2, 0.25) is 0 Å². The normalized spacial score (nSPS) is 24.1. The molecule has 1 amide bonds. The van der Waals surface area contributed by atoms with Gasteiger partial charge in [0.15, 0.2) is 0 Å². The van der Waals surface area contributed by atoms with E-state index in [-0.39, 0.29) is 0 Å². The van der Waals surface area contributed by atoms with Gasteiger partial charge in [-0.15, -0.1) is 0 Å². The number of likely N-dealkylation sites (tertiary alicyclic amines) is 1. The number of piperazine rings is 1. The molecule has 2 heterocycles. The maximum Gasteiger partial charge on any atom is 0.222 e. The number of carbonyl (C=O) groups excluding carboxylic acids is 1. The first kappa shape index (κ1) is 24.7. The number of nitrogens with zero attached hydrogens (tertiary/aromatic N) is 2. The van der Waals surface area contributed by atoms with Gasteiger partial charge in [-0.2, -0.15) is 0 Å². The molecule has 0 aliphatic carbocycles. The van der Waals surface area contributed by atoms with E-state index in [2.05, 4.69) is 37.5 Å². The Morgan fingerprint density at radius 3 is 2.10 bits per heavy atom. The van der Waals surface area contributed by atoms with Crippen molar-refractivity contribution in [2.24, 2.45) is 11.8 Å². The molecule has 3 nitrogen and oxygen atoms in total. The Morgan fingerprint density at radius 1 is 0.862 bits per heavy atom. The fourth-order valence-electron chi connectivity index (χ4n) is 5.47. The molecule has 2 saturated heterocycles. The predicted octanol–water partition coefficient (Wildman–Crippen LogP) is 6.65.